The minimum absolute atomic E-state index is 0.208. The summed E-state index contributed by atoms with van der Waals surface area (Å²) in [5.41, 5.74) is 3.75. The molecule has 0 spiro atoms. The molecule has 7 nitrogen and oxygen atoms in total. The van der Waals surface area contributed by atoms with Gasteiger partial charge in [-0.1, -0.05) is 0 Å². The van der Waals surface area contributed by atoms with Crippen molar-refractivity contribution in [2.75, 3.05) is 17.7 Å². The summed E-state index contributed by atoms with van der Waals surface area (Å²) >= 11 is 0. The van der Waals surface area contributed by atoms with Crippen LogP contribution >= 0.6 is 0 Å². The second-order valence-corrected chi connectivity index (χ2v) is 5.67. The first-order valence-electron chi connectivity index (χ1n) is 8.08. The lowest BCUT2D eigenvalue weighted by Crippen LogP contribution is -2.24. The van der Waals surface area contributed by atoms with Gasteiger partial charge in [0.2, 0.25) is 0 Å². The molecular weight excluding hydrogens is 330 g/mol. The van der Waals surface area contributed by atoms with E-state index < -0.39 is 0 Å². The number of carbonyl (C=O) groups is 2. The number of aromatic nitrogens is 2. The van der Waals surface area contributed by atoms with Gasteiger partial charge in [-0.3, -0.25) is 4.79 Å². The molecule has 0 radical (unpaired) electrons. The molecule has 0 aliphatic rings. The van der Waals surface area contributed by atoms with Crippen LogP contribution in [0, 0.1) is 6.92 Å². The van der Waals surface area contributed by atoms with Crippen LogP contribution in [0.5, 0.6) is 0 Å². The van der Waals surface area contributed by atoms with Crippen molar-refractivity contribution < 1.29 is 9.59 Å². The van der Waals surface area contributed by atoms with E-state index in [2.05, 4.69) is 21.0 Å². The quantitative estimate of drug-likeness (QED) is 0.676. The van der Waals surface area contributed by atoms with Crippen molar-refractivity contribution in [3.05, 3.63) is 72.1 Å². The summed E-state index contributed by atoms with van der Waals surface area (Å²) in [5.74, 6) is -0.208. The molecule has 1 heterocycles. The van der Waals surface area contributed by atoms with E-state index in [1.807, 2.05) is 25.1 Å². The van der Waals surface area contributed by atoms with E-state index in [1.165, 1.54) is 0 Å². The van der Waals surface area contributed by atoms with Crippen molar-refractivity contribution in [1.82, 2.24) is 15.1 Å². The van der Waals surface area contributed by atoms with Crippen LogP contribution < -0.4 is 16.0 Å². The van der Waals surface area contributed by atoms with Gasteiger partial charge in [0, 0.05) is 35.9 Å². The molecule has 1 aromatic heterocycles. The topological polar surface area (TPSA) is 88.0 Å². The molecule has 132 valence electrons. The Morgan fingerprint density at radius 1 is 0.885 bits per heavy atom. The lowest BCUT2D eigenvalue weighted by atomic mass is 10.2. The third-order valence-electron chi connectivity index (χ3n) is 3.83. The zero-order valence-electron chi connectivity index (χ0n) is 14.5. The van der Waals surface area contributed by atoms with Crippen molar-refractivity contribution in [2.24, 2.45) is 0 Å². The van der Waals surface area contributed by atoms with E-state index in [4.69, 9.17) is 0 Å². The van der Waals surface area contributed by atoms with E-state index in [1.54, 1.807) is 54.3 Å². The van der Waals surface area contributed by atoms with Gasteiger partial charge in [0.25, 0.3) is 5.91 Å². The Labute approximate surface area is 151 Å². The third-order valence-corrected chi connectivity index (χ3v) is 3.83. The van der Waals surface area contributed by atoms with Crippen LogP contribution in [0.4, 0.5) is 16.2 Å². The fourth-order valence-electron chi connectivity index (χ4n) is 2.43. The maximum absolute atomic E-state index is 12.4. The van der Waals surface area contributed by atoms with Gasteiger partial charge in [0.05, 0.1) is 5.69 Å². The maximum atomic E-state index is 12.4. The Balaban J connectivity index is 1.66. The molecule has 0 unspecified atom stereocenters. The monoisotopic (exact) mass is 349 g/mol. The van der Waals surface area contributed by atoms with Crippen molar-refractivity contribution in [1.29, 1.82) is 0 Å². The number of rotatable bonds is 4. The number of anilines is 2. The van der Waals surface area contributed by atoms with Crippen LogP contribution in [0.25, 0.3) is 5.69 Å². The number of amides is 3. The van der Waals surface area contributed by atoms with Crippen molar-refractivity contribution in [3.63, 3.8) is 0 Å². The molecule has 0 saturated carbocycles. The molecule has 0 aliphatic carbocycles. The lowest BCUT2D eigenvalue weighted by molar-refractivity contribution is 0.102. The molecule has 0 fully saturated rings. The smallest absolute Gasteiger partial charge is 0.318 e. The fraction of sp³-hybridized carbons (Fsp3) is 0.105. The Morgan fingerprint density at radius 3 is 2.04 bits per heavy atom. The summed E-state index contributed by atoms with van der Waals surface area (Å²) < 4.78 is 1.81. The zero-order valence-corrected chi connectivity index (χ0v) is 14.5. The summed E-state index contributed by atoms with van der Waals surface area (Å²) in [4.78, 5) is 23.6. The van der Waals surface area contributed by atoms with Crippen molar-refractivity contribution >= 4 is 23.3 Å². The number of nitrogens with zero attached hydrogens (tertiary/aromatic N) is 2. The maximum Gasteiger partial charge on any atom is 0.318 e. The summed E-state index contributed by atoms with van der Waals surface area (Å²) in [6.45, 7) is 1.97. The highest BCUT2D eigenvalue weighted by Gasteiger charge is 2.08. The van der Waals surface area contributed by atoms with Crippen LogP contribution in [-0.2, 0) is 0 Å². The van der Waals surface area contributed by atoms with Gasteiger partial charge in [-0.25, -0.2) is 9.48 Å². The van der Waals surface area contributed by atoms with Crippen LogP contribution in [-0.4, -0.2) is 28.8 Å². The van der Waals surface area contributed by atoms with E-state index in [9.17, 15) is 9.59 Å². The molecule has 3 N–H and O–H groups in total. The third kappa shape index (κ3) is 3.89. The molecule has 7 heteroatoms. The highest BCUT2D eigenvalue weighted by Crippen LogP contribution is 2.16. The van der Waals surface area contributed by atoms with E-state index in [0.717, 1.165) is 11.4 Å². The normalized spacial score (nSPS) is 10.2. The highest BCUT2D eigenvalue weighted by molar-refractivity contribution is 6.04. The SMILES string of the molecule is CNC(=O)Nc1ccc(NC(=O)c2ccc(-n3nccc3C)cc2)cc1. The Kier molecular flexibility index (Phi) is 4.98. The summed E-state index contributed by atoms with van der Waals surface area (Å²) in [6.07, 6.45) is 1.73. The minimum Gasteiger partial charge on any atom is -0.341 e. The van der Waals surface area contributed by atoms with E-state index in [0.29, 0.717) is 16.9 Å². The van der Waals surface area contributed by atoms with Gasteiger partial charge in [-0.2, -0.15) is 5.10 Å². The number of hydrogen-bond acceptors (Lipinski definition) is 3. The van der Waals surface area contributed by atoms with Crippen LogP contribution in [0.2, 0.25) is 0 Å². The highest BCUT2D eigenvalue weighted by atomic mass is 16.2. The van der Waals surface area contributed by atoms with Gasteiger partial charge in [-0.15, -0.1) is 0 Å². The molecule has 2 aromatic carbocycles. The van der Waals surface area contributed by atoms with E-state index in [-0.39, 0.29) is 11.9 Å². The zero-order chi connectivity index (χ0) is 18.5. The largest absolute Gasteiger partial charge is 0.341 e. The van der Waals surface area contributed by atoms with Gasteiger partial charge in [0.15, 0.2) is 0 Å². The summed E-state index contributed by atoms with van der Waals surface area (Å²) in [5, 5.41) is 12.2. The second-order valence-electron chi connectivity index (χ2n) is 5.67. The predicted octanol–water partition coefficient (Wildman–Crippen LogP) is 3.18. The van der Waals surface area contributed by atoms with Gasteiger partial charge in [-0.05, 0) is 61.5 Å². The first-order valence-corrected chi connectivity index (χ1v) is 8.08. The van der Waals surface area contributed by atoms with Gasteiger partial charge < -0.3 is 16.0 Å². The first-order chi connectivity index (χ1) is 12.6. The van der Waals surface area contributed by atoms with Crippen LogP contribution in [0.1, 0.15) is 16.1 Å². The number of carbonyl (C=O) groups excluding carboxylic acids is 2. The van der Waals surface area contributed by atoms with Crippen LogP contribution in [0.3, 0.4) is 0 Å². The summed E-state index contributed by atoms with van der Waals surface area (Å²) in [6, 6.07) is 15.7. The average molecular weight is 349 g/mol. The van der Waals surface area contributed by atoms with Crippen molar-refractivity contribution in [3.8, 4) is 5.69 Å². The number of hydrogen-bond donors (Lipinski definition) is 3. The van der Waals surface area contributed by atoms with Gasteiger partial charge >= 0.3 is 6.03 Å². The number of nitrogens with one attached hydrogen (secondary N) is 3. The van der Waals surface area contributed by atoms with Crippen LogP contribution in [0.15, 0.2) is 60.8 Å². The summed E-state index contributed by atoms with van der Waals surface area (Å²) in [7, 11) is 1.54. The average Bonchev–Trinajstić information content (AvgIpc) is 3.09. The predicted molar refractivity (Wildman–Crippen MR) is 101 cm³/mol. The molecule has 0 aliphatic heterocycles. The molecular formula is C19H19N5O2. The minimum atomic E-state index is -0.297. The second kappa shape index (κ2) is 7.52. The first kappa shape index (κ1) is 17.2. The van der Waals surface area contributed by atoms with Gasteiger partial charge in [0.1, 0.15) is 0 Å². The Morgan fingerprint density at radius 2 is 1.50 bits per heavy atom. The standard InChI is InChI=1S/C19H19N5O2/c1-13-11-12-21-24(13)17-9-3-14(4-10-17)18(25)22-15-5-7-16(8-6-15)23-19(26)20-2/h3-12H,1-2H3,(H,22,25)(H2,20,23,26). The lowest BCUT2D eigenvalue weighted by Gasteiger charge is -2.09. The fourth-order valence-corrected chi connectivity index (χ4v) is 2.43. The molecule has 3 aromatic rings. The Hall–Kier alpha value is -3.61. The number of aryl methyl sites for hydroxylation is 1. The molecule has 3 amide bonds. The molecule has 0 bridgehead atoms. The van der Waals surface area contributed by atoms with E-state index >= 15 is 0 Å². The number of urea groups is 1. The molecule has 0 atom stereocenters. The van der Waals surface area contributed by atoms with Crippen molar-refractivity contribution in [2.45, 2.75) is 6.92 Å². The Bertz CT molecular complexity index is 914. The number of benzene rings is 2. The molecule has 26 heavy (non-hydrogen) atoms. The molecule has 0 saturated heterocycles. The molecule has 3 rings (SSSR count).